The van der Waals surface area contributed by atoms with Crippen molar-refractivity contribution in [3.63, 3.8) is 0 Å². The molecular formula is C26H27ClN4O5S. The second-order valence-corrected chi connectivity index (χ2v) is 10.4. The van der Waals surface area contributed by atoms with Gasteiger partial charge in [-0.3, -0.25) is 4.72 Å². The van der Waals surface area contributed by atoms with Gasteiger partial charge < -0.3 is 19.1 Å². The quantitative estimate of drug-likeness (QED) is 0.293. The molecule has 1 aromatic heterocycles. The predicted octanol–water partition coefficient (Wildman–Crippen LogP) is 4.61. The van der Waals surface area contributed by atoms with Crippen LogP contribution in [0, 0.1) is 0 Å². The van der Waals surface area contributed by atoms with Crippen molar-refractivity contribution >= 4 is 38.5 Å². The number of nitrogens with one attached hydrogen (secondary N) is 1. The number of benzene rings is 3. The number of ether oxygens (including phenoxy) is 3. The molecular weight excluding hydrogens is 516 g/mol. The van der Waals surface area contributed by atoms with Gasteiger partial charge in [-0.25, -0.2) is 18.4 Å². The molecule has 4 rings (SSSR count). The number of sulfonamides is 1. The first kappa shape index (κ1) is 26.5. The van der Waals surface area contributed by atoms with E-state index in [-0.39, 0.29) is 28.2 Å². The van der Waals surface area contributed by atoms with Crippen molar-refractivity contribution in [1.29, 1.82) is 0 Å². The van der Waals surface area contributed by atoms with Crippen molar-refractivity contribution < 1.29 is 22.6 Å². The van der Waals surface area contributed by atoms with Gasteiger partial charge in [0.2, 0.25) is 5.82 Å². The molecule has 0 aliphatic heterocycles. The average molecular weight is 543 g/mol. The van der Waals surface area contributed by atoms with Crippen LogP contribution in [0.3, 0.4) is 0 Å². The van der Waals surface area contributed by atoms with Crippen LogP contribution in [0.1, 0.15) is 5.56 Å². The van der Waals surface area contributed by atoms with Gasteiger partial charge in [-0.15, -0.1) is 0 Å². The van der Waals surface area contributed by atoms with Crippen LogP contribution in [0.5, 0.6) is 17.4 Å². The summed E-state index contributed by atoms with van der Waals surface area (Å²) in [6, 6.07) is 18.7. The molecule has 0 atom stereocenters. The van der Waals surface area contributed by atoms with Gasteiger partial charge in [0.05, 0.1) is 23.2 Å². The summed E-state index contributed by atoms with van der Waals surface area (Å²) in [6.45, 7) is 1.31. The summed E-state index contributed by atoms with van der Waals surface area (Å²) in [5.74, 6) is 1.16. The Bertz CT molecular complexity index is 1500. The van der Waals surface area contributed by atoms with Crippen LogP contribution in [-0.2, 0) is 16.6 Å². The topological polar surface area (TPSA) is 103 Å². The fraction of sp³-hybridized carbons (Fsp3) is 0.231. The molecule has 0 spiro atoms. The third-order valence-corrected chi connectivity index (χ3v) is 7.13. The summed E-state index contributed by atoms with van der Waals surface area (Å²) in [7, 11) is 1.45. The smallest absolute Gasteiger partial charge is 0.264 e. The largest absolute Gasteiger partial charge is 0.493 e. The fourth-order valence-electron chi connectivity index (χ4n) is 3.41. The maximum Gasteiger partial charge on any atom is 0.264 e. The van der Waals surface area contributed by atoms with E-state index >= 15 is 0 Å². The van der Waals surface area contributed by atoms with Crippen LogP contribution >= 0.6 is 11.6 Å². The lowest BCUT2D eigenvalue weighted by atomic mass is 10.2. The Kier molecular flexibility index (Phi) is 8.32. The van der Waals surface area contributed by atoms with Crippen molar-refractivity contribution in [2.75, 3.05) is 39.1 Å². The van der Waals surface area contributed by atoms with Crippen LogP contribution in [0.4, 0.5) is 5.82 Å². The molecule has 37 heavy (non-hydrogen) atoms. The SMILES string of the molecule is COc1ccc(COc2nc3ccccc3nc2NS(=O)(=O)c2ccccc2Cl)cc1OCCN(C)C. The molecule has 0 bridgehead atoms. The van der Waals surface area contributed by atoms with Gasteiger partial charge in [0.15, 0.2) is 11.5 Å². The van der Waals surface area contributed by atoms with E-state index in [0.29, 0.717) is 29.1 Å². The number of anilines is 1. The Labute approximate surface area is 221 Å². The van der Waals surface area contributed by atoms with E-state index in [1.807, 2.05) is 37.2 Å². The molecule has 9 nitrogen and oxygen atoms in total. The molecule has 0 aliphatic carbocycles. The van der Waals surface area contributed by atoms with E-state index in [4.69, 9.17) is 25.8 Å². The van der Waals surface area contributed by atoms with Gasteiger partial charge in [0.1, 0.15) is 18.1 Å². The lowest BCUT2D eigenvalue weighted by Crippen LogP contribution is -2.19. The average Bonchev–Trinajstić information content (AvgIpc) is 2.87. The molecule has 0 saturated heterocycles. The lowest BCUT2D eigenvalue weighted by molar-refractivity contribution is 0.249. The molecule has 1 N–H and O–H groups in total. The number of nitrogens with zero attached hydrogens (tertiary/aromatic N) is 3. The number of hydrogen-bond acceptors (Lipinski definition) is 8. The highest BCUT2D eigenvalue weighted by Gasteiger charge is 2.22. The Hall–Kier alpha value is -3.60. The highest BCUT2D eigenvalue weighted by Crippen LogP contribution is 2.31. The van der Waals surface area contributed by atoms with Gasteiger partial charge in [-0.2, -0.15) is 0 Å². The van der Waals surface area contributed by atoms with Gasteiger partial charge in [0.25, 0.3) is 15.9 Å². The van der Waals surface area contributed by atoms with Crippen molar-refractivity contribution in [2.24, 2.45) is 0 Å². The minimum Gasteiger partial charge on any atom is -0.493 e. The monoisotopic (exact) mass is 542 g/mol. The van der Waals surface area contributed by atoms with E-state index in [9.17, 15) is 8.42 Å². The molecule has 194 valence electrons. The normalized spacial score (nSPS) is 11.5. The second kappa shape index (κ2) is 11.6. The summed E-state index contributed by atoms with van der Waals surface area (Å²) in [6.07, 6.45) is 0. The lowest BCUT2D eigenvalue weighted by Gasteiger charge is -2.16. The third kappa shape index (κ3) is 6.59. The van der Waals surface area contributed by atoms with Gasteiger partial charge in [-0.1, -0.05) is 41.9 Å². The molecule has 1 heterocycles. The molecule has 0 radical (unpaired) electrons. The first-order valence-corrected chi connectivity index (χ1v) is 13.2. The Morgan fingerprint density at radius 1 is 0.919 bits per heavy atom. The number of methoxy groups -OCH3 is 1. The fourth-order valence-corrected chi connectivity index (χ4v) is 4.93. The van der Waals surface area contributed by atoms with E-state index in [1.54, 1.807) is 43.5 Å². The highest BCUT2D eigenvalue weighted by molar-refractivity contribution is 7.92. The zero-order valence-corrected chi connectivity index (χ0v) is 22.2. The minimum absolute atomic E-state index is 0.0280. The molecule has 4 aromatic rings. The van der Waals surface area contributed by atoms with Crippen molar-refractivity contribution in [1.82, 2.24) is 14.9 Å². The maximum absolute atomic E-state index is 13.1. The number of likely N-dealkylation sites (N-methyl/N-ethyl adjacent to an activating group) is 1. The molecule has 0 fully saturated rings. The number of rotatable bonds is 11. The minimum atomic E-state index is -4.06. The van der Waals surface area contributed by atoms with Crippen LogP contribution < -0.4 is 18.9 Å². The van der Waals surface area contributed by atoms with Crippen LogP contribution in [-0.4, -0.2) is 57.6 Å². The third-order valence-electron chi connectivity index (χ3n) is 5.30. The summed E-state index contributed by atoms with van der Waals surface area (Å²) in [5.41, 5.74) is 1.84. The summed E-state index contributed by atoms with van der Waals surface area (Å²) in [5, 5.41) is 0.0891. The summed E-state index contributed by atoms with van der Waals surface area (Å²) < 4.78 is 45.9. The summed E-state index contributed by atoms with van der Waals surface area (Å²) >= 11 is 6.13. The molecule has 11 heteroatoms. The van der Waals surface area contributed by atoms with Crippen molar-refractivity contribution in [3.05, 3.63) is 77.3 Å². The number of aromatic nitrogens is 2. The van der Waals surface area contributed by atoms with Crippen molar-refractivity contribution in [3.8, 4) is 17.4 Å². The first-order chi connectivity index (χ1) is 17.8. The molecule has 0 saturated carbocycles. The zero-order valence-electron chi connectivity index (χ0n) is 20.6. The second-order valence-electron chi connectivity index (χ2n) is 8.33. The maximum atomic E-state index is 13.1. The zero-order chi connectivity index (χ0) is 26.4. The van der Waals surface area contributed by atoms with E-state index in [0.717, 1.165) is 12.1 Å². The number of fused-ring (bicyclic) bond motifs is 1. The van der Waals surface area contributed by atoms with Crippen LogP contribution in [0.25, 0.3) is 11.0 Å². The molecule has 0 amide bonds. The van der Waals surface area contributed by atoms with Gasteiger partial charge in [0, 0.05) is 6.54 Å². The van der Waals surface area contributed by atoms with E-state index in [2.05, 4.69) is 14.7 Å². The molecule has 0 unspecified atom stereocenters. The predicted molar refractivity (Wildman–Crippen MR) is 143 cm³/mol. The van der Waals surface area contributed by atoms with Crippen LogP contribution in [0.15, 0.2) is 71.6 Å². The number of halogens is 1. The molecule has 3 aromatic carbocycles. The number of para-hydroxylation sites is 2. The standard InChI is InChI=1S/C26H27ClN4O5S/c1-31(2)14-15-35-23-16-18(12-13-22(23)34-3)17-36-26-25(28-20-9-5-6-10-21(20)29-26)30-37(32,33)24-11-7-4-8-19(24)27/h4-13,16H,14-15,17H2,1-3H3,(H,28,30). The first-order valence-electron chi connectivity index (χ1n) is 11.4. The van der Waals surface area contributed by atoms with Crippen LogP contribution in [0.2, 0.25) is 5.02 Å². The number of hydrogen-bond donors (Lipinski definition) is 1. The Balaban J connectivity index is 1.62. The Morgan fingerprint density at radius 2 is 1.62 bits per heavy atom. The summed E-state index contributed by atoms with van der Waals surface area (Å²) in [4.78, 5) is 10.9. The highest BCUT2D eigenvalue weighted by atomic mass is 35.5. The molecule has 0 aliphatic rings. The van der Waals surface area contributed by atoms with Crippen molar-refractivity contribution in [2.45, 2.75) is 11.5 Å². The van der Waals surface area contributed by atoms with E-state index in [1.165, 1.54) is 12.1 Å². The van der Waals surface area contributed by atoms with Gasteiger partial charge >= 0.3 is 0 Å². The van der Waals surface area contributed by atoms with E-state index < -0.39 is 10.0 Å². The Morgan fingerprint density at radius 3 is 2.32 bits per heavy atom. The van der Waals surface area contributed by atoms with Gasteiger partial charge in [-0.05, 0) is 56.1 Å².